The Balaban J connectivity index is 2.24. The number of aliphatic hydroxyl groups is 1. The van der Waals surface area contributed by atoms with Crippen molar-refractivity contribution in [3.05, 3.63) is 35.9 Å². The first-order valence-electron chi connectivity index (χ1n) is 6.50. The number of hydrogen-bond acceptors (Lipinski definition) is 2. The lowest BCUT2D eigenvalue weighted by Crippen LogP contribution is -2.09. The lowest BCUT2D eigenvalue weighted by atomic mass is 10.0. The minimum absolute atomic E-state index is 0.125. The zero-order chi connectivity index (χ0) is 12.5. The highest BCUT2D eigenvalue weighted by molar-refractivity contribution is 5.95. The molecule has 0 amide bonds. The van der Waals surface area contributed by atoms with Crippen molar-refractivity contribution in [1.82, 2.24) is 0 Å². The fourth-order valence-electron chi connectivity index (χ4n) is 1.84. The van der Waals surface area contributed by atoms with Gasteiger partial charge in [-0.05, 0) is 12.8 Å². The van der Waals surface area contributed by atoms with Crippen LogP contribution in [-0.4, -0.2) is 17.0 Å². The number of benzene rings is 1. The third-order valence-corrected chi connectivity index (χ3v) is 2.94. The van der Waals surface area contributed by atoms with Crippen molar-refractivity contribution in [2.45, 2.75) is 51.6 Å². The fraction of sp³-hybridized carbons (Fsp3) is 0.533. The van der Waals surface area contributed by atoms with Crippen molar-refractivity contribution in [1.29, 1.82) is 0 Å². The van der Waals surface area contributed by atoms with Gasteiger partial charge in [0.2, 0.25) is 0 Å². The molecule has 94 valence electrons. The van der Waals surface area contributed by atoms with Crippen LogP contribution in [0.15, 0.2) is 30.3 Å². The Kier molecular flexibility index (Phi) is 6.56. The Morgan fingerprint density at radius 1 is 1.18 bits per heavy atom. The van der Waals surface area contributed by atoms with Crippen LogP contribution in [-0.2, 0) is 0 Å². The summed E-state index contributed by atoms with van der Waals surface area (Å²) in [6.45, 7) is 2.14. The van der Waals surface area contributed by atoms with Gasteiger partial charge < -0.3 is 5.11 Å². The Labute approximate surface area is 104 Å². The van der Waals surface area contributed by atoms with Crippen molar-refractivity contribution in [3.8, 4) is 0 Å². The van der Waals surface area contributed by atoms with Gasteiger partial charge in [0.15, 0.2) is 5.78 Å². The maximum atomic E-state index is 11.8. The Hall–Kier alpha value is -1.15. The number of Topliss-reactive ketones (excluding diaryl/α,β-unsaturated/α-hetero) is 1. The van der Waals surface area contributed by atoms with Crippen molar-refractivity contribution in [2.75, 3.05) is 0 Å². The van der Waals surface area contributed by atoms with Crippen molar-refractivity contribution in [3.63, 3.8) is 0 Å². The molecule has 17 heavy (non-hydrogen) atoms. The van der Waals surface area contributed by atoms with Crippen molar-refractivity contribution in [2.24, 2.45) is 0 Å². The summed E-state index contributed by atoms with van der Waals surface area (Å²) >= 11 is 0. The highest BCUT2D eigenvalue weighted by Crippen LogP contribution is 2.11. The van der Waals surface area contributed by atoms with Crippen molar-refractivity contribution < 1.29 is 9.90 Å². The molecular formula is C15H22O2. The van der Waals surface area contributed by atoms with Crippen LogP contribution in [0.2, 0.25) is 0 Å². The molecule has 2 nitrogen and oxygen atoms in total. The summed E-state index contributed by atoms with van der Waals surface area (Å²) < 4.78 is 0. The van der Waals surface area contributed by atoms with Crippen LogP contribution in [0.4, 0.5) is 0 Å². The van der Waals surface area contributed by atoms with Crippen LogP contribution in [0.25, 0.3) is 0 Å². The van der Waals surface area contributed by atoms with Gasteiger partial charge in [0.1, 0.15) is 0 Å². The first kappa shape index (κ1) is 13.9. The summed E-state index contributed by atoms with van der Waals surface area (Å²) in [5, 5.41) is 9.72. The van der Waals surface area contributed by atoms with Gasteiger partial charge in [0.25, 0.3) is 0 Å². The van der Waals surface area contributed by atoms with Gasteiger partial charge in [-0.15, -0.1) is 0 Å². The second-order valence-electron chi connectivity index (χ2n) is 4.48. The average molecular weight is 234 g/mol. The molecule has 0 aromatic heterocycles. The minimum atomic E-state index is -0.325. The number of aliphatic hydroxyl groups excluding tert-OH is 1. The summed E-state index contributed by atoms with van der Waals surface area (Å²) in [7, 11) is 0. The zero-order valence-electron chi connectivity index (χ0n) is 10.6. The van der Waals surface area contributed by atoms with Crippen LogP contribution < -0.4 is 0 Å². The smallest absolute Gasteiger partial charge is 0.162 e. The first-order chi connectivity index (χ1) is 8.24. The molecule has 0 aliphatic carbocycles. The van der Waals surface area contributed by atoms with Gasteiger partial charge in [0.05, 0.1) is 6.10 Å². The molecule has 0 radical (unpaired) electrons. The van der Waals surface area contributed by atoms with E-state index in [1.807, 2.05) is 30.3 Å². The molecule has 1 aromatic carbocycles. The van der Waals surface area contributed by atoms with Gasteiger partial charge in [-0.1, -0.05) is 56.5 Å². The van der Waals surface area contributed by atoms with Crippen LogP contribution in [0.3, 0.4) is 0 Å². The van der Waals surface area contributed by atoms with E-state index < -0.39 is 0 Å². The number of unbranched alkanes of at least 4 members (excludes halogenated alkanes) is 2. The summed E-state index contributed by atoms with van der Waals surface area (Å²) in [6.07, 6.45) is 4.88. The number of carbonyl (C=O) groups is 1. The Morgan fingerprint density at radius 3 is 2.53 bits per heavy atom. The number of hydrogen-bond donors (Lipinski definition) is 1. The molecule has 0 heterocycles. The number of rotatable bonds is 8. The molecule has 0 fully saturated rings. The summed E-state index contributed by atoms with van der Waals surface area (Å²) in [4.78, 5) is 11.8. The second kappa shape index (κ2) is 8.02. The topological polar surface area (TPSA) is 37.3 Å². The van der Waals surface area contributed by atoms with E-state index in [4.69, 9.17) is 0 Å². The second-order valence-corrected chi connectivity index (χ2v) is 4.48. The lowest BCUT2D eigenvalue weighted by molar-refractivity contribution is 0.0931. The summed E-state index contributed by atoms with van der Waals surface area (Å²) in [5.74, 6) is 0.125. The third-order valence-electron chi connectivity index (χ3n) is 2.94. The predicted molar refractivity (Wildman–Crippen MR) is 70.2 cm³/mol. The number of carbonyl (C=O) groups excluding carboxylic acids is 1. The molecule has 0 spiro atoms. The van der Waals surface area contributed by atoms with Gasteiger partial charge in [-0.3, -0.25) is 4.79 Å². The summed E-state index contributed by atoms with van der Waals surface area (Å²) in [6, 6.07) is 9.28. The molecule has 1 atom stereocenters. The van der Waals surface area contributed by atoms with E-state index in [9.17, 15) is 9.90 Å². The average Bonchev–Trinajstić information content (AvgIpc) is 2.37. The van der Waals surface area contributed by atoms with Gasteiger partial charge in [0, 0.05) is 12.0 Å². The molecule has 1 rings (SSSR count). The predicted octanol–water partition coefficient (Wildman–Crippen LogP) is 3.59. The van der Waals surface area contributed by atoms with E-state index in [0.29, 0.717) is 12.8 Å². The van der Waals surface area contributed by atoms with Gasteiger partial charge in [-0.2, -0.15) is 0 Å². The van der Waals surface area contributed by atoms with E-state index >= 15 is 0 Å². The Bertz CT molecular complexity index is 319. The molecule has 0 aliphatic heterocycles. The molecule has 0 bridgehead atoms. The van der Waals surface area contributed by atoms with Crippen LogP contribution in [0.1, 0.15) is 55.8 Å². The molecule has 1 N–H and O–H groups in total. The summed E-state index contributed by atoms with van der Waals surface area (Å²) in [5.41, 5.74) is 0.744. The molecule has 1 unspecified atom stereocenters. The molecular weight excluding hydrogens is 212 g/mol. The lowest BCUT2D eigenvalue weighted by Gasteiger charge is -2.09. The SMILES string of the molecule is CCCCCC(O)CCC(=O)c1ccccc1. The normalized spacial score (nSPS) is 12.4. The third kappa shape index (κ3) is 5.64. The van der Waals surface area contributed by atoms with Crippen LogP contribution in [0, 0.1) is 0 Å². The molecule has 1 aromatic rings. The van der Waals surface area contributed by atoms with Crippen LogP contribution in [0.5, 0.6) is 0 Å². The van der Waals surface area contributed by atoms with Gasteiger partial charge in [-0.25, -0.2) is 0 Å². The van der Waals surface area contributed by atoms with Crippen LogP contribution >= 0.6 is 0 Å². The molecule has 2 heteroatoms. The van der Waals surface area contributed by atoms with E-state index in [0.717, 1.165) is 31.2 Å². The van der Waals surface area contributed by atoms with Crippen molar-refractivity contribution >= 4 is 5.78 Å². The highest BCUT2D eigenvalue weighted by Gasteiger charge is 2.09. The first-order valence-corrected chi connectivity index (χ1v) is 6.50. The van der Waals surface area contributed by atoms with E-state index in [-0.39, 0.29) is 11.9 Å². The standard InChI is InChI=1S/C15H22O2/c1-2-3-5-10-14(16)11-12-15(17)13-8-6-4-7-9-13/h4,6-9,14,16H,2-3,5,10-12H2,1H3. The van der Waals surface area contributed by atoms with E-state index in [1.165, 1.54) is 0 Å². The maximum Gasteiger partial charge on any atom is 0.162 e. The van der Waals surface area contributed by atoms with Gasteiger partial charge >= 0.3 is 0 Å². The highest BCUT2D eigenvalue weighted by atomic mass is 16.3. The maximum absolute atomic E-state index is 11.8. The molecule has 0 saturated heterocycles. The molecule has 0 aliphatic rings. The number of ketones is 1. The van der Waals surface area contributed by atoms with E-state index in [2.05, 4.69) is 6.92 Å². The fourth-order valence-corrected chi connectivity index (χ4v) is 1.84. The largest absolute Gasteiger partial charge is 0.393 e. The monoisotopic (exact) mass is 234 g/mol. The minimum Gasteiger partial charge on any atom is -0.393 e. The van der Waals surface area contributed by atoms with E-state index in [1.54, 1.807) is 0 Å². The molecule has 0 saturated carbocycles. The zero-order valence-corrected chi connectivity index (χ0v) is 10.6. The quantitative estimate of drug-likeness (QED) is 0.551. The Morgan fingerprint density at radius 2 is 1.88 bits per heavy atom.